The van der Waals surface area contributed by atoms with Crippen molar-refractivity contribution in [3.8, 4) is 0 Å². The average Bonchev–Trinajstić information content (AvgIpc) is 3.04. The van der Waals surface area contributed by atoms with Gasteiger partial charge in [0.15, 0.2) is 5.69 Å². The Kier molecular flexibility index (Phi) is 6.15. The largest absolute Gasteiger partial charge is 0.434 e. The van der Waals surface area contributed by atoms with Crippen molar-refractivity contribution in [1.82, 2.24) is 14.3 Å². The molecule has 0 bridgehead atoms. The summed E-state index contributed by atoms with van der Waals surface area (Å²) in [6.45, 7) is 2.79. The van der Waals surface area contributed by atoms with Crippen LogP contribution in [0.15, 0.2) is 30.6 Å². The maximum Gasteiger partial charge on any atom is 0.434 e. The molecule has 31 heavy (non-hydrogen) atoms. The average molecular weight is 454 g/mol. The lowest BCUT2D eigenvalue weighted by molar-refractivity contribution is -0.141. The Hall–Kier alpha value is -3.61. The third kappa shape index (κ3) is 5.31. The molecule has 2 aromatic heterocycles. The highest BCUT2D eigenvalue weighted by Gasteiger charge is 2.32. The third-order valence-corrected chi connectivity index (χ3v) is 4.66. The second-order valence-electron chi connectivity index (χ2n) is 6.21. The Balaban J connectivity index is 1.81. The van der Waals surface area contributed by atoms with Crippen LogP contribution in [-0.4, -0.2) is 26.2 Å². The summed E-state index contributed by atoms with van der Waals surface area (Å²) in [6.07, 6.45) is -3.17. The molecule has 0 saturated carbocycles. The molecule has 0 saturated heterocycles. The molecular weight excluding hydrogens is 440 g/mol. The van der Waals surface area contributed by atoms with Crippen molar-refractivity contribution >= 4 is 45.5 Å². The Labute approximate surface area is 176 Å². The number of aromatic nitrogens is 3. The number of halogens is 4. The molecule has 0 aliphatic rings. The molecule has 13 heteroatoms. The van der Waals surface area contributed by atoms with Gasteiger partial charge in [0.05, 0.1) is 29.3 Å². The zero-order chi connectivity index (χ0) is 22.8. The van der Waals surface area contributed by atoms with Crippen LogP contribution >= 0.6 is 11.5 Å². The Bertz CT molecular complexity index is 1130. The molecule has 0 unspecified atom stereocenters. The molecule has 0 atom stereocenters. The van der Waals surface area contributed by atoms with Crippen molar-refractivity contribution in [2.45, 2.75) is 20.0 Å². The SMILES string of the molecule is CC(=O)Nc1cc(NC(=O)c2c(C)nsc2Nc2cnc(C(F)(F)F)cn2)ccc1F. The highest BCUT2D eigenvalue weighted by atomic mass is 32.1. The first-order chi connectivity index (χ1) is 14.5. The van der Waals surface area contributed by atoms with Gasteiger partial charge >= 0.3 is 6.18 Å². The molecule has 3 aromatic rings. The summed E-state index contributed by atoms with van der Waals surface area (Å²) < 4.78 is 55.7. The summed E-state index contributed by atoms with van der Waals surface area (Å²) in [6, 6.07) is 3.64. The minimum absolute atomic E-state index is 0.0135. The zero-order valence-corrected chi connectivity index (χ0v) is 16.8. The number of nitrogens with zero attached hydrogens (tertiary/aromatic N) is 3. The van der Waals surface area contributed by atoms with Gasteiger partial charge in [-0.2, -0.15) is 17.5 Å². The number of hydrogen-bond donors (Lipinski definition) is 3. The van der Waals surface area contributed by atoms with Gasteiger partial charge in [-0.15, -0.1) is 0 Å². The van der Waals surface area contributed by atoms with Crippen molar-refractivity contribution in [3.63, 3.8) is 0 Å². The molecule has 8 nitrogen and oxygen atoms in total. The maximum absolute atomic E-state index is 13.8. The van der Waals surface area contributed by atoms with E-state index in [1.165, 1.54) is 19.1 Å². The van der Waals surface area contributed by atoms with Gasteiger partial charge in [0.1, 0.15) is 16.6 Å². The van der Waals surface area contributed by atoms with Gasteiger partial charge in [0, 0.05) is 12.6 Å². The normalized spacial score (nSPS) is 11.2. The number of carbonyl (C=O) groups excluding carboxylic acids is 2. The van der Waals surface area contributed by atoms with Gasteiger partial charge in [0.2, 0.25) is 5.91 Å². The van der Waals surface area contributed by atoms with E-state index in [4.69, 9.17) is 0 Å². The van der Waals surface area contributed by atoms with E-state index in [9.17, 15) is 27.2 Å². The van der Waals surface area contributed by atoms with E-state index in [0.717, 1.165) is 23.8 Å². The van der Waals surface area contributed by atoms with E-state index < -0.39 is 29.5 Å². The summed E-state index contributed by atoms with van der Waals surface area (Å²) >= 11 is 0.905. The summed E-state index contributed by atoms with van der Waals surface area (Å²) in [5.41, 5.74) is -0.571. The number of carbonyl (C=O) groups is 2. The predicted octanol–water partition coefficient (Wildman–Crippen LogP) is 4.35. The number of nitrogens with one attached hydrogen (secondary N) is 3. The molecule has 0 radical (unpaired) electrons. The van der Waals surface area contributed by atoms with Crippen molar-refractivity contribution in [2.75, 3.05) is 16.0 Å². The minimum atomic E-state index is -4.62. The minimum Gasteiger partial charge on any atom is -0.329 e. The van der Waals surface area contributed by atoms with Crippen LogP contribution < -0.4 is 16.0 Å². The van der Waals surface area contributed by atoms with Crippen LogP contribution in [0.1, 0.15) is 28.7 Å². The first-order valence-corrected chi connectivity index (χ1v) is 9.33. The monoisotopic (exact) mass is 454 g/mol. The summed E-state index contributed by atoms with van der Waals surface area (Å²) in [7, 11) is 0. The Morgan fingerprint density at radius 1 is 1.10 bits per heavy atom. The number of amides is 2. The van der Waals surface area contributed by atoms with Crippen molar-refractivity contribution in [2.24, 2.45) is 0 Å². The molecule has 0 aliphatic heterocycles. The number of benzene rings is 1. The van der Waals surface area contributed by atoms with Crippen LogP contribution in [0.4, 0.5) is 39.8 Å². The van der Waals surface area contributed by atoms with E-state index in [1.54, 1.807) is 6.92 Å². The molecule has 3 N–H and O–H groups in total. The van der Waals surface area contributed by atoms with Crippen LogP contribution in [0.25, 0.3) is 0 Å². The Morgan fingerprint density at radius 2 is 1.84 bits per heavy atom. The van der Waals surface area contributed by atoms with E-state index in [0.29, 0.717) is 11.9 Å². The van der Waals surface area contributed by atoms with Gasteiger partial charge in [-0.3, -0.25) is 9.59 Å². The van der Waals surface area contributed by atoms with Crippen LogP contribution in [0.2, 0.25) is 0 Å². The summed E-state index contributed by atoms with van der Waals surface area (Å²) in [5, 5.41) is 7.83. The quantitative estimate of drug-likeness (QED) is 0.495. The smallest absolute Gasteiger partial charge is 0.329 e. The fourth-order valence-corrected chi connectivity index (χ4v) is 3.26. The fraction of sp³-hybridized carbons (Fsp3) is 0.167. The lowest BCUT2D eigenvalue weighted by Crippen LogP contribution is -2.15. The third-order valence-electron chi connectivity index (χ3n) is 3.81. The van der Waals surface area contributed by atoms with E-state index in [1.807, 2.05) is 0 Å². The summed E-state index contributed by atoms with van der Waals surface area (Å²) in [5.74, 6) is -1.77. The van der Waals surface area contributed by atoms with Crippen LogP contribution in [0, 0.1) is 12.7 Å². The topological polar surface area (TPSA) is 109 Å². The van der Waals surface area contributed by atoms with Gasteiger partial charge in [-0.25, -0.2) is 14.4 Å². The molecule has 0 fully saturated rings. The first-order valence-electron chi connectivity index (χ1n) is 8.55. The molecule has 0 aliphatic carbocycles. The van der Waals surface area contributed by atoms with Gasteiger partial charge in [-0.1, -0.05) is 0 Å². The molecule has 1 aromatic carbocycles. The molecular formula is C18H14F4N6O2S. The molecule has 0 spiro atoms. The zero-order valence-electron chi connectivity index (χ0n) is 16.0. The highest BCUT2D eigenvalue weighted by Crippen LogP contribution is 2.30. The maximum atomic E-state index is 13.8. The number of anilines is 4. The van der Waals surface area contributed by atoms with Crippen LogP contribution in [-0.2, 0) is 11.0 Å². The lowest BCUT2D eigenvalue weighted by atomic mass is 10.2. The van der Waals surface area contributed by atoms with E-state index in [2.05, 4.69) is 30.3 Å². The van der Waals surface area contributed by atoms with Crippen LogP contribution in [0.5, 0.6) is 0 Å². The van der Waals surface area contributed by atoms with Gasteiger partial charge in [-0.05, 0) is 36.7 Å². The molecule has 3 rings (SSSR count). The lowest BCUT2D eigenvalue weighted by Gasteiger charge is -2.10. The second kappa shape index (κ2) is 8.63. The van der Waals surface area contributed by atoms with Crippen LogP contribution in [0.3, 0.4) is 0 Å². The van der Waals surface area contributed by atoms with Gasteiger partial charge < -0.3 is 16.0 Å². The van der Waals surface area contributed by atoms with Gasteiger partial charge in [0.25, 0.3) is 5.91 Å². The number of hydrogen-bond acceptors (Lipinski definition) is 7. The predicted molar refractivity (Wildman–Crippen MR) is 106 cm³/mol. The number of alkyl halides is 3. The van der Waals surface area contributed by atoms with E-state index >= 15 is 0 Å². The fourth-order valence-electron chi connectivity index (χ4n) is 2.46. The first kappa shape index (κ1) is 22.1. The van der Waals surface area contributed by atoms with Crippen molar-refractivity contribution in [1.29, 1.82) is 0 Å². The summed E-state index contributed by atoms with van der Waals surface area (Å²) in [4.78, 5) is 30.9. The molecule has 2 heterocycles. The highest BCUT2D eigenvalue weighted by molar-refractivity contribution is 7.10. The standard InChI is InChI=1S/C18H14F4N6O2S/c1-8-15(16(30)26-10-3-4-11(19)12(5-10)25-9(2)29)17(31-28-8)27-14-7-23-13(6-24-14)18(20,21)22/h3-7H,1-2H3,(H,24,27)(H,25,29)(H,26,30). The van der Waals surface area contributed by atoms with Crippen molar-refractivity contribution in [3.05, 3.63) is 53.4 Å². The van der Waals surface area contributed by atoms with Crippen molar-refractivity contribution < 1.29 is 27.2 Å². The number of rotatable bonds is 5. The molecule has 162 valence electrons. The second-order valence-corrected chi connectivity index (χ2v) is 6.99. The van der Waals surface area contributed by atoms with E-state index in [-0.39, 0.29) is 27.8 Å². The Morgan fingerprint density at radius 3 is 2.45 bits per heavy atom. The molecule has 2 amide bonds. The number of aryl methyl sites for hydroxylation is 1.